The van der Waals surface area contributed by atoms with Crippen LogP contribution in [0.2, 0.25) is 5.02 Å². The van der Waals surface area contributed by atoms with Crippen LogP contribution in [0.5, 0.6) is 0 Å². The second-order valence-corrected chi connectivity index (χ2v) is 8.35. The van der Waals surface area contributed by atoms with E-state index in [4.69, 9.17) is 16.3 Å². The summed E-state index contributed by atoms with van der Waals surface area (Å²) in [4.78, 5) is 20.5. The molecule has 0 unspecified atom stereocenters. The maximum atomic E-state index is 12.8. The predicted molar refractivity (Wildman–Crippen MR) is 109 cm³/mol. The summed E-state index contributed by atoms with van der Waals surface area (Å²) in [5.74, 6) is 0.461. The number of H-pyrrole nitrogens is 1. The largest absolute Gasteiger partial charge is 0.376 e. The number of rotatable bonds is 6. The molecule has 142 valence electrons. The minimum atomic E-state index is 0.116. The van der Waals surface area contributed by atoms with Crippen LogP contribution in [0.1, 0.15) is 34.6 Å². The predicted octanol–water partition coefficient (Wildman–Crippen LogP) is 4.79. The third-order valence-corrected chi connectivity index (χ3v) is 6.15. The first-order chi connectivity index (χ1) is 13.0. The summed E-state index contributed by atoms with van der Waals surface area (Å²) in [6.07, 6.45) is 2.47. The number of ether oxygens (including phenoxy) is 1. The summed E-state index contributed by atoms with van der Waals surface area (Å²) in [5.41, 5.74) is 4.65. The average Bonchev–Trinajstić information content (AvgIpc) is 3.35. The molecule has 0 aliphatic carbocycles. The van der Waals surface area contributed by atoms with Crippen LogP contribution in [0.25, 0.3) is 11.0 Å². The summed E-state index contributed by atoms with van der Waals surface area (Å²) in [6.45, 7) is 5.73. The van der Waals surface area contributed by atoms with Crippen molar-refractivity contribution in [1.29, 1.82) is 0 Å². The van der Waals surface area contributed by atoms with Crippen LogP contribution in [-0.4, -0.2) is 38.8 Å². The molecule has 1 aliphatic heterocycles. The highest BCUT2D eigenvalue weighted by Crippen LogP contribution is 2.25. The maximum absolute atomic E-state index is 12.8. The van der Waals surface area contributed by atoms with Gasteiger partial charge in [-0.15, -0.1) is 0 Å². The molecule has 5 nitrogen and oxygen atoms in total. The number of Topliss-reactive ketones (excluding diaryl/α,β-unsaturated/α-hetero) is 1. The number of halogens is 1. The number of aromatic nitrogens is 3. The van der Waals surface area contributed by atoms with Crippen LogP contribution in [0, 0.1) is 13.8 Å². The highest BCUT2D eigenvalue weighted by atomic mass is 35.5. The lowest BCUT2D eigenvalue weighted by Gasteiger charge is -2.14. The van der Waals surface area contributed by atoms with Crippen molar-refractivity contribution < 1.29 is 9.53 Å². The standard InChI is InChI=1S/C20H22ClN3O2S/c1-12-8-16(13(2)24(12)10-15-4-3-7-26-15)19(25)11-27-20-22-17-6-5-14(21)9-18(17)23-20/h5-6,8-9,15H,3-4,7,10-11H2,1-2H3,(H,22,23)/t15-/m0/s1. The number of hydrogen-bond donors (Lipinski definition) is 1. The Morgan fingerprint density at radius 3 is 3.04 bits per heavy atom. The Morgan fingerprint density at radius 2 is 2.26 bits per heavy atom. The molecule has 3 aromatic rings. The minimum Gasteiger partial charge on any atom is -0.376 e. The van der Waals surface area contributed by atoms with Gasteiger partial charge < -0.3 is 14.3 Å². The van der Waals surface area contributed by atoms with Crippen molar-refractivity contribution in [2.75, 3.05) is 12.4 Å². The second kappa shape index (κ2) is 7.70. The topological polar surface area (TPSA) is 59.9 Å². The number of nitrogens with zero attached hydrogens (tertiary/aromatic N) is 2. The number of ketones is 1. The van der Waals surface area contributed by atoms with Crippen molar-refractivity contribution in [2.45, 2.75) is 44.5 Å². The molecule has 0 spiro atoms. The molecule has 27 heavy (non-hydrogen) atoms. The fourth-order valence-electron chi connectivity index (χ4n) is 3.59. The lowest BCUT2D eigenvalue weighted by atomic mass is 10.2. The molecule has 1 aromatic carbocycles. The van der Waals surface area contributed by atoms with Crippen molar-refractivity contribution in [2.24, 2.45) is 0 Å². The molecule has 1 fully saturated rings. The second-order valence-electron chi connectivity index (χ2n) is 6.95. The van der Waals surface area contributed by atoms with Gasteiger partial charge in [-0.05, 0) is 51.0 Å². The number of carbonyl (C=O) groups excluding carboxylic acids is 1. The van der Waals surface area contributed by atoms with Gasteiger partial charge in [0, 0.05) is 35.1 Å². The van der Waals surface area contributed by atoms with Crippen LogP contribution in [0.3, 0.4) is 0 Å². The average molecular weight is 404 g/mol. The van der Waals surface area contributed by atoms with Gasteiger partial charge in [-0.3, -0.25) is 4.79 Å². The number of hydrogen-bond acceptors (Lipinski definition) is 4. The molecule has 2 aromatic heterocycles. The monoisotopic (exact) mass is 403 g/mol. The number of thioether (sulfide) groups is 1. The summed E-state index contributed by atoms with van der Waals surface area (Å²) < 4.78 is 7.95. The highest BCUT2D eigenvalue weighted by molar-refractivity contribution is 7.99. The van der Waals surface area contributed by atoms with Crippen molar-refractivity contribution in [1.82, 2.24) is 14.5 Å². The Balaban J connectivity index is 1.45. The van der Waals surface area contributed by atoms with E-state index in [9.17, 15) is 4.79 Å². The molecule has 1 saturated heterocycles. The van der Waals surface area contributed by atoms with Gasteiger partial charge in [0.1, 0.15) is 0 Å². The normalized spacial score (nSPS) is 17.1. The fourth-order valence-corrected chi connectivity index (χ4v) is 4.54. The summed E-state index contributed by atoms with van der Waals surface area (Å²) >= 11 is 7.43. The van der Waals surface area contributed by atoms with Crippen molar-refractivity contribution in [3.8, 4) is 0 Å². The van der Waals surface area contributed by atoms with Crippen LogP contribution in [0.15, 0.2) is 29.4 Å². The number of aryl methyl sites for hydroxylation is 1. The Bertz CT molecular complexity index is 989. The third-order valence-electron chi connectivity index (χ3n) is 5.05. The van der Waals surface area contributed by atoms with Crippen molar-refractivity contribution in [3.05, 3.63) is 46.2 Å². The SMILES string of the molecule is Cc1cc(C(=O)CSc2nc3ccc(Cl)cc3[nH]2)c(C)n1C[C@@H]1CCCO1. The maximum Gasteiger partial charge on any atom is 0.175 e. The first kappa shape index (κ1) is 18.6. The van der Waals surface area contributed by atoms with E-state index in [1.165, 1.54) is 11.8 Å². The lowest BCUT2D eigenvalue weighted by Crippen LogP contribution is -2.17. The van der Waals surface area contributed by atoms with Crippen LogP contribution < -0.4 is 0 Å². The van der Waals surface area contributed by atoms with Gasteiger partial charge in [-0.1, -0.05) is 23.4 Å². The highest BCUT2D eigenvalue weighted by Gasteiger charge is 2.21. The zero-order chi connectivity index (χ0) is 19.0. The number of imidazole rings is 1. The minimum absolute atomic E-state index is 0.116. The molecular formula is C20H22ClN3O2S. The fraction of sp³-hybridized carbons (Fsp3) is 0.400. The van der Waals surface area contributed by atoms with Crippen molar-refractivity contribution in [3.63, 3.8) is 0 Å². The molecule has 1 atom stereocenters. The molecule has 0 saturated carbocycles. The summed E-state index contributed by atoms with van der Waals surface area (Å²) in [7, 11) is 0. The first-order valence-corrected chi connectivity index (χ1v) is 10.5. The van der Waals surface area contributed by atoms with E-state index in [2.05, 4.69) is 21.5 Å². The van der Waals surface area contributed by atoms with Gasteiger partial charge >= 0.3 is 0 Å². The molecule has 0 bridgehead atoms. The van der Waals surface area contributed by atoms with E-state index < -0.39 is 0 Å². The molecule has 4 rings (SSSR count). The van der Waals surface area contributed by atoms with Gasteiger partial charge in [-0.25, -0.2) is 4.98 Å². The van der Waals surface area contributed by atoms with E-state index in [1.807, 2.05) is 31.2 Å². The number of benzene rings is 1. The van der Waals surface area contributed by atoms with Gasteiger partial charge in [-0.2, -0.15) is 0 Å². The van der Waals surface area contributed by atoms with Gasteiger partial charge in [0.15, 0.2) is 10.9 Å². The molecule has 1 N–H and O–H groups in total. The van der Waals surface area contributed by atoms with E-state index in [-0.39, 0.29) is 11.9 Å². The van der Waals surface area contributed by atoms with Gasteiger partial charge in [0.2, 0.25) is 0 Å². The lowest BCUT2D eigenvalue weighted by molar-refractivity contribution is 0.0957. The number of nitrogens with one attached hydrogen (secondary N) is 1. The Hall–Kier alpha value is -1.76. The Kier molecular flexibility index (Phi) is 5.30. The van der Waals surface area contributed by atoms with Gasteiger partial charge in [0.05, 0.1) is 22.9 Å². The van der Waals surface area contributed by atoms with E-state index in [0.717, 1.165) is 59.1 Å². The summed E-state index contributed by atoms with van der Waals surface area (Å²) in [6, 6.07) is 7.52. The zero-order valence-corrected chi connectivity index (χ0v) is 17.0. The molecule has 0 amide bonds. The third kappa shape index (κ3) is 3.93. The molecule has 7 heteroatoms. The van der Waals surface area contributed by atoms with E-state index in [0.29, 0.717) is 10.8 Å². The van der Waals surface area contributed by atoms with Crippen LogP contribution >= 0.6 is 23.4 Å². The molecular weight excluding hydrogens is 382 g/mol. The van der Waals surface area contributed by atoms with E-state index in [1.54, 1.807) is 0 Å². The quantitative estimate of drug-likeness (QED) is 0.475. The number of fused-ring (bicyclic) bond motifs is 1. The van der Waals surface area contributed by atoms with Gasteiger partial charge in [0.25, 0.3) is 0 Å². The van der Waals surface area contributed by atoms with Crippen molar-refractivity contribution >= 4 is 40.2 Å². The molecule has 0 radical (unpaired) electrons. The Morgan fingerprint density at radius 1 is 1.41 bits per heavy atom. The Labute approximate surface area is 167 Å². The molecule has 3 heterocycles. The smallest absolute Gasteiger partial charge is 0.175 e. The molecule has 1 aliphatic rings. The summed E-state index contributed by atoms with van der Waals surface area (Å²) in [5, 5.41) is 1.39. The first-order valence-electron chi connectivity index (χ1n) is 9.11. The number of carbonyl (C=O) groups is 1. The number of aromatic amines is 1. The van der Waals surface area contributed by atoms with Crippen LogP contribution in [0.4, 0.5) is 0 Å². The zero-order valence-electron chi connectivity index (χ0n) is 15.4. The van der Waals surface area contributed by atoms with E-state index >= 15 is 0 Å². The van der Waals surface area contributed by atoms with Crippen LogP contribution in [-0.2, 0) is 11.3 Å².